The van der Waals surface area contributed by atoms with Crippen molar-refractivity contribution in [1.82, 2.24) is 4.90 Å². The van der Waals surface area contributed by atoms with E-state index >= 15 is 0 Å². The first-order chi connectivity index (χ1) is 8.53. The molecule has 0 saturated carbocycles. The van der Waals surface area contributed by atoms with E-state index in [-0.39, 0.29) is 5.22 Å². The summed E-state index contributed by atoms with van der Waals surface area (Å²) >= 11 is 0. The molecule has 2 unspecified atom stereocenters. The third-order valence-electron chi connectivity index (χ3n) is 4.43. The van der Waals surface area contributed by atoms with E-state index < -0.39 is 8.56 Å². The fourth-order valence-electron chi connectivity index (χ4n) is 3.66. The van der Waals surface area contributed by atoms with Gasteiger partial charge in [0.25, 0.3) is 0 Å². The van der Waals surface area contributed by atoms with Crippen LogP contribution in [-0.2, 0) is 13.6 Å². The summed E-state index contributed by atoms with van der Waals surface area (Å²) in [6, 6.07) is 1.40. The van der Waals surface area contributed by atoms with Crippen LogP contribution in [0.25, 0.3) is 0 Å². The largest absolute Gasteiger partial charge is 0.396 e. The van der Waals surface area contributed by atoms with Crippen molar-refractivity contribution in [1.29, 1.82) is 0 Å². The van der Waals surface area contributed by atoms with Gasteiger partial charge in [-0.3, -0.25) is 0 Å². The summed E-state index contributed by atoms with van der Waals surface area (Å²) in [4.78, 5) is 2.28. The van der Waals surface area contributed by atoms with Crippen molar-refractivity contribution in [3.63, 3.8) is 0 Å². The maximum absolute atomic E-state index is 6.06. The smallest absolute Gasteiger partial charge is 0.372 e. The monoisotopic (exact) mass is 275 g/mol. The lowest BCUT2D eigenvalue weighted by atomic mass is 9.98. The van der Waals surface area contributed by atoms with Gasteiger partial charge in [0.2, 0.25) is 0 Å². The molecule has 0 N–H and O–H groups in total. The number of rotatable bonds is 6. The number of hydrogen-bond acceptors (Lipinski definition) is 4. The second-order valence-electron chi connectivity index (χ2n) is 5.38. The zero-order chi connectivity index (χ0) is 13.8. The van der Waals surface area contributed by atoms with Crippen LogP contribution in [0.15, 0.2) is 0 Å². The summed E-state index contributed by atoms with van der Waals surface area (Å²) < 4.78 is 17.9. The van der Waals surface area contributed by atoms with E-state index in [1.54, 1.807) is 14.2 Å². The highest BCUT2D eigenvalue weighted by Crippen LogP contribution is 2.44. The Bertz CT molecular complexity index is 259. The van der Waals surface area contributed by atoms with Gasteiger partial charge in [0.1, 0.15) is 5.22 Å². The van der Waals surface area contributed by atoms with Crippen LogP contribution < -0.4 is 0 Å². The number of nitrogens with zero attached hydrogens (tertiary/aromatic N) is 1. The second-order valence-corrected chi connectivity index (χ2v) is 9.05. The van der Waals surface area contributed by atoms with Crippen molar-refractivity contribution in [2.75, 3.05) is 35.4 Å². The van der Waals surface area contributed by atoms with Crippen molar-refractivity contribution in [3.8, 4) is 0 Å². The summed E-state index contributed by atoms with van der Waals surface area (Å²) in [5.74, 6) is 0. The molecular weight excluding hydrogens is 246 g/mol. The van der Waals surface area contributed by atoms with Crippen LogP contribution in [0.4, 0.5) is 0 Å². The Morgan fingerprint density at radius 3 is 2.22 bits per heavy atom. The van der Waals surface area contributed by atoms with Crippen LogP contribution in [0.3, 0.4) is 0 Å². The fourth-order valence-corrected chi connectivity index (χ4v) is 7.87. The summed E-state index contributed by atoms with van der Waals surface area (Å²) in [5, 5.41) is -0.257. The van der Waals surface area contributed by atoms with E-state index in [2.05, 4.69) is 25.9 Å². The molecule has 0 aromatic carbocycles. The van der Waals surface area contributed by atoms with E-state index in [1.165, 1.54) is 0 Å². The van der Waals surface area contributed by atoms with Crippen molar-refractivity contribution in [3.05, 3.63) is 0 Å². The van der Waals surface area contributed by atoms with E-state index in [0.29, 0.717) is 6.04 Å². The van der Waals surface area contributed by atoms with Gasteiger partial charge in [-0.2, -0.15) is 0 Å². The SMILES string of the molecule is CCCC1(OC)C(N(C)C)CCC[Si]1(OC)OC. The molecule has 0 aromatic rings. The minimum atomic E-state index is -2.32. The van der Waals surface area contributed by atoms with Crippen molar-refractivity contribution in [2.45, 2.75) is 49.9 Å². The first-order valence-electron chi connectivity index (χ1n) is 6.85. The second kappa shape index (κ2) is 6.48. The summed E-state index contributed by atoms with van der Waals surface area (Å²) in [6.45, 7) is 2.20. The van der Waals surface area contributed by atoms with E-state index in [1.807, 2.05) is 7.11 Å². The first kappa shape index (κ1) is 16.1. The van der Waals surface area contributed by atoms with Gasteiger partial charge in [0.05, 0.1) is 0 Å². The molecule has 0 aromatic heterocycles. The lowest BCUT2D eigenvalue weighted by Gasteiger charge is -2.54. The normalized spacial score (nSPS) is 31.8. The number of ether oxygens (including phenoxy) is 1. The highest BCUT2D eigenvalue weighted by Gasteiger charge is 2.63. The quantitative estimate of drug-likeness (QED) is 0.695. The maximum atomic E-state index is 6.06. The Kier molecular flexibility index (Phi) is 5.80. The van der Waals surface area contributed by atoms with Crippen molar-refractivity contribution >= 4 is 8.56 Å². The molecule has 2 atom stereocenters. The van der Waals surface area contributed by atoms with Crippen LogP contribution in [0.5, 0.6) is 0 Å². The van der Waals surface area contributed by atoms with Crippen LogP contribution in [0, 0.1) is 0 Å². The third-order valence-corrected chi connectivity index (χ3v) is 8.84. The highest BCUT2D eigenvalue weighted by atomic mass is 28.4. The van der Waals surface area contributed by atoms with Gasteiger partial charge < -0.3 is 18.5 Å². The van der Waals surface area contributed by atoms with Crippen LogP contribution in [0.2, 0.25) is 6.04 Å². The summed E-state index contributed by atoms with van der Waals surface area (Å²) in [7, 11) is 7.33. The average Bonchev–Trinajstić information content (AvgIpc) is 2.38. The van der Waals surface area contributed by atoms with Gasteiger partial charge in [-0.1, -0.05) is 13.3 Å². The van der Waals surface area contributed by atoms with Gasteiger partial charge in [-0.25, -0.2) is 0 Å². The van der Waals surface area contributed by atoms with E-state index in [9.17, 15) is 0 Å². The van der Waals surface area contributed by atoms with Crippen molar-refractivity contribution in [2.24, 2.45) is 0 Å². The minimum Gasteiger partial charge on any atom is -0.396 e. The number of methoxy groups -OCH3 is 1. The van der Waals surface area contributed by atoms with Gasteiger partial charge in [0.15, 0.2) is 0 Å². The standard InChI is InChI=1S/C13H29NO3Si/c1-7-10-13(15-4)12(14(2)3)9-8-11-18(13,16-5)17-6/h12H,7-11H2,1-6H3. The average molecular weight is 275 g/mol. The fraction of sp³-hybridized carbons (Fsp3) is 1.00. The van der Waals surface area contributed by atoms with Gasteiger partial charge >= 0.3 is 8.56 Å². The molecule has 1 aliphatic heterocycles. The summed E-state index contributed by atoms with van der Waals surface area (Å²) in [6.07, 6.45) is 4.40. The number of likely N-dealkylation sites (N-methyl/N-ethyl adjacent to an activating group) is 1. The maximum Gasteiger partial charge on any atom is 0.372 e. The Hall–Kier alpha value is 0.0569. The lowest BCUT2D eigenvalue weighted by molar-refractivity contribution is -0.0629. The molecule has 1 fully saturated rings. The van der Waals surface area contributed by atoms with Crippen LogP contribution in [0.1, 0.15) is 32.6 Å². The molecule has 4 nitrogen and oxygen atoms in total. The summed E-state index contributed by atoms with van der Waals surface area (Å²) in [5.41, 5.74) is 0. The first-order valence-corrected chi connectivity index (χ1v) is 8.87. The molecule has 1 rings (SSSR count). The zero-order valence-electron chi connectivity index (χ0n) is 12.8. The topological polar surface area (TPSA) is 30.9 Å². The molecule has 1 saturated heterocycles. The Morgan fingerprint density at radius 1 is 1.22 bits per heavy atom. The van der Waals surface area contributed by atoms with Crippen molar-refractivity contribution < 1.29 is 13.6 Å². The molecule has 1 heterocycles. The Labute approximate surface area is 113 Å². The molecular formula is C13H29NO3Si. The zero-order valence-corrected chi connectivity index (χ0v) is 13.8. The Balaban J connectivity index is 3.22. The number of hydrogen-bond donors (Lipinski definition) is 0. The highest BCUT2D eigenvalue weighted by molar-refractivity contribution is 6.71. The van der Waals surface area contributed by atoms with Crippen LogP contribution in [-0.4, -0.2) is 60.2 Å². The third kappa shape index (κ3) is 2.39. The molecule has 0 aliphatic carbocycles. The van der Waals surface area contributed by atoms with E-state index in [0.717, 1.165) is 31.7 Å². The van der Waals surface area contributed by atoms with E-state index in [4.69, 9.17) is 13.6 Å². The predicted molar refractivity (Wildman–Crippen MR) is 75.9 cm³/mol. The molecule has 0 radical (unpaired) electrons. The Morgan fingerprint density at radius 2 is 1.83 bits per heavy atom. The molecule has 5 heteroatoms. The van der Waals surface area contributed by atoms with Gasteiger partial charge in [0, 0.05) is 27.4 Å². The molecule has 0 spiro atoms. The molecule has 18 heavy (non-hydrogen) atoms. The van der Waals surface area contributed by atoms with Gasteiger partial charge in [-0.05, 0) is 39.4 Å². The lowest BCUT2D eigenvalue weighted by Crippen LogP contribution is -2.72. The molecule has 1 aliphatic rings. The predicted octanol–water partition coefficient (Wildman–Crippen LogP) is 2.17. The van der Waals surface area contributed by atoms with Gasteiger partial charge in [-0.15, -0.1) is 0 Å². The minimum absolute atomic E-state index is 0.257. The van der Waals surface area contributed by atoms with Crippen LogP contribution >= 0.6 is 0 Å². The molecule has 0 bridgehead atoms. The molecule has 0 amide bonds. The molecule has 108 valence electrons.